The number of aromatic nitrogens is 2. The van der Waals surface area contributed by atoms with Gasteiger partial charge in [0.15, 0.2) is 6.10 Å². The molecule has 0 fully saturated rings. The number of rotatable bonds is 6. The van der Waals surface area contributed by atoms with Gasteiger partial charge in [0.05, 0.1) is 12.2 Å². The highest BCUT2D eigenvalue weighted by Gasteiger charge is 2.18. The van der Waals surface area contributed by atoms with Gasteiger partial charge in [-0.3, -0.25) is 9.59 Å². The number of benzene rings is 1. The van der Waals surface area contributed by atoms with Crippen molar-refractivity contribution in [2.75, 3.05) is 6.54 Å². The largest absolute Gasteiger partial charge is 0.463 e. The molecule has 0 saturated heterocycles. The maximum atomic E-state index is 11.8. The maximum absolute atomic E-state index is 11.8. The van der Waals surface area contributed by atoms with Crippen LogP contribution in [0.4, 0.5) is 0 Å². The van der Waals surface area contributed by atoms with Crippen LogP contribution >= 0.6 is 0 Å². The zero-order valence-corrected chi connectivity index (χ0v) is 12.4. The standard InChI is InChI=1S/C15H18N4O3/c1-10-9-19(12-6-4-3-5-7-12)18-15(10)22-11(2)14(21)17-8-13(16)20/h3-7,9,11H,8H2,1-2H3,(H2,16,20)(H,17,21)/t11-/m1/s1. The summed E-state index contributed by atoms with van der Waals surface area (Å²) in [5.41, 5.74) is 6.67. The fourth-order valence-corrected chi connectivity index (χ4v) is 1.81. The number of nitrogens with two attached hydrogens (primary N) is 1. The van der Waals surface area contributed by atoms with Crippen molar-refractivity contribution in [1.82, 2.24) is 15.1 Å². The molecule has 0 saturated carbocycles. The molecule has 116 valence electrons. The molecular formula is C15H18N4O3. The van der Waals surface area contributed by atoms with Crippen molar-refractivity contribution >= 4 is 11.8 Å². The molecule has 0 spiro atoms. The van der Waals surface area contributed by atoms with Gasteiger partial charge in [-0.25, -0.2) is 4.68 Å². The minimum absolute atomic E-state index is 0.218. The molecule has 2 rings (SSSR count). The van der Waals surface area contributed by atoms with E-state index in [0.29, 0.717) is 5.88 Å². The fraction of sp³-hybridized carbons (Fsp3) is 0.267. The van der Waals surface area contributed by atoms with Gasteiger partial charge in [0.25, 0.3) is 5.91 Å². The normalized spacial score (nSPS) is 11.7. The predicted molar refractivity (Wildman–Crippen MR) is 80.6 cm³/mol. The van der Waals surface area contributed by atoms with Gasteiger partial charge in [0.1, 0.15) is 0 Å². The first-order valence-corrected chi connectivity index (χ1v) is 6.81. The van der Waals surface area contributed by atoms with E-state index in [4.69, 9.17) is 10.5 Å². The SMILES string of the molecule is Cc1cn(-c2ccccc2)nc1O[C@H](C)C(=O)NCC(N)=O. The van der Waals surface area contributed by atoms with Crippen molar-refractivity contribution in [2.24, 2.45) is 5.73 Å². The number of amides is 2. The minimum Gasteiger partial charge on any atom is -0.463 e. The summed E-state index contributed by atoms with van der Waals surface area (Å²) in [4.78, 5) is 22.4. The monoisotopic (exact) mass is 302 g/mol. The van der Waals surface area contributed by atoms with E-state index in [0.717, 1.165) is 11.3 Å². The Morgan fingerprint density at radius 1 is 1.36 bits per heavy atom. The molecule has 0 unspecified atom stereocenters. The Bertz CT molecular complexity index is 667. The summed E-state index contributed by atoms with van der Waals surface area (Å²) in [6, 6.07) is 9.57. The van der Waals surface area contributed by atoms with E-state index in [-0.39, 0.29) is 6.54 Å². The molecule has 1 aromatic carbocycles. The Kier molecular flexibility index (Phi) is 4.77. The number of aryl methyl sites for hydroxylation is 1. The number of hydrogen-bond acceptors (Lipinski definition) is 4. The molecule has 0 aliphatic rings. The molecular weight excluding hydrogens is 284 g/mol. The van der Waals surface area contributed by atoms with Crippen molar-refractivity contribution in [1.29, 1.82) is 0 Å². The smallest absolute Gasteiger partial charge is 0.261 e. The first kappa shape index (κ1) is 15.6. The molecule has 3 N–H and O–H groups in total. The number of carbonyl (C=O) groups excluding carboxylic acids is 2. The van der Waals surface area contributed by atoms with Crippen molar-refractivity contribution in [3.63, 3.8) is 0 Å². The van der Waals surface area contributed by atoms with Gasteiger partial charge in [0, 0.05) is 11.8 Å². The minimum atomic E-state index is -0.780. The summed E-state index contributed by atoms with van der Waals surface area (Å²) < 4.78 is 7.22. The van der Waals surface area contributed by atoms with Crippen LogP contribution in [0.3, 0.4) is 0 Å². The van der Waals surface area contributed by atoms with Crippen LogP contribution in [0.1, 0.15) is 12.5 Å². The molecule has 0 aliphatic carbocycles. The Morgan fingerprint density at radius 3 is 2.68 bits per heavy atom. The molecule has 7 nitrogen and oxygen atoms in total. The van der Waals surface area contributed by atoms with Crippen molar-refractivity contribution in [3.8, 4) is 11.6 Å². The molecule has 0 radical (unpaired) electrons. The molecule has 0 bridgehead atoms. The van der Waals surface area contributed by atoms with Crippen LogP contribution in [0.2, 0.25) is 0 Å². The lowest BCUT2D eigenvalue weighted by Crippen LogP contribution is -2.40. The summed E-state index contributed by atoms with van der Waals surface area (Å²) in [7, 11) is 0. The maximum Gasteiger partial charge on any atom is 0.261 e. The van der Waals surface area contributed by atoms with Crippen molar-refractivity contribution in [2.45, 2.75) is 20.0 Å². The highest BCUT2D eigenvalue weighted by atomic mass is 16.5. The number of nitrogens with one attached hydrogen (secondary N) is 1. The molecule has 7 heteroatoms. The van der Waals surface area contributed by atoms with Gasteiger partial charge in [-0.15, -0.1) is 5.10 Å². The number of nitrogens with zero attached hydrogens (tertiary/aromatic N) is 2. The van der Waals surface area contributed by atoms with E-state index < -0.39 is 17.9 Å². The van der Waals surface area contributed by atoms with Gasteiger partial charge in [0.2, 0.25) is 11.8 Å². The lowest BCUT2D eigenvalue weighted by molar-refractivity contribution is -0.129. The third-order valence-electron chi connectivity index (χ3n) is 2.97. The van der Waals surface area contributed by atoms with Crippen molar-refractivity contribution in [3.05, 3.63) is 42.1 Å². The third-order valence-corrected chi connectivity index (χ3v) is 2.97. The van der Waals surface area contributed by atoms with E-state index in [1.807, 2.05) is 43.5 Å². The summed E-state index contributed by atoms with van der Waals surface area (Å²) in [5, 5.41) is 6.71. The van der Waals surface area contributed by atoms with Crippen LogP contribution in [0, 0.1) is 6.92 Å². The van der Waals surface area contributed by atoms with Gasteiger partial charge in [-0.2, -0.15) is 0 Å². The molecule has 2 amide bonds. The van der Waals surface area contributed by atoms with E-state index in [9.17, 15) is 9.59 Å². The highest BCUT2D eigenvalue weighted by Crippen LogP contribution is 2.19. The second kappa shape index (κ2) is 6.75. The Hall–Kier alpha value is -2.83. The van der Waals surface area contributed by atoms with Crippen LogP contribution in [0.25, 0.3) is 5.69 Å². The number of hydrogen-bond donors (Lipinski definition) is 2. The lowest BCUT2D eigenvalue weighted by atomic mass is 10.3. The summed E-state index contributed by atoms with van der Waals surface area (Å²) in [6.07, 6.45) is 1.04. The lowest BCUT2D eigenvalue weighted by Gasteiger charge is -2.12. The van der Waals surface area contributed by atoms with E-state index >= 15 is 0 Å². The van der Waals surface area contributed by atoms with E-state index in [2.05, 4.69) is 10.4 Å². The molecule has 0 aliphatic heterocycles. The highest BCUT2D eigenvalue weighted by molar-refractivity contribution is 5.86. The number of ether oxygens (including phenoxy) is 1. The summed E-state index contributed by atoms with van der Waals surface area (Å²) in [6.45, 7) is 3.21. The third kappa shape index (κ3) is 3.85. The molecule has 2 aromatic rings. The van der Waals surface area contributed by atoms with Gasteiger partial charge in [-0.05, 0) is 26.0 Å². The van der Waals surface area contributed by atoms with E-state index in [1.54, 1.807) is 11.6 Å². The van der Waals surface area contributed by atoms with Crippen molar-refractivity contribution < 1.29 is 14.3 Å². The average Bonchev–Trinajstić information content (AvgIpc) is 2.86. The number of primary amides is 1. The van der Waals surface area contributed by atoms with Crippen LogP contribution in [-0.4, -0.2) is 34.2 Å². The van der Waals surface area contributed by atoms with Crippen LogP contribution in [0.5, 0.6) is 5.88 Å². The zero-order chi connectivity index (χ0) is 16.1. The summed E-state index contributed by atoms with van der Waals surface area (Å²) in [5.74, 6) is -0.664. The van der Waals surface area contributed by atoms with Gasteiger partial charge in [-0.1, -0.05) is 18.2 Å². The van der Waals surface area contributed by atoms with Crippen LogP contribution in [-0.2, 0) is 9.59 Å². The topological polar surface area (TPSA) is 99.2 Å². The Balaban J connectivity index is 2.06. The number of para-hydroxylation sites is 1. The fourth-order valence-electron chi connectivity index (χ4n) is 1.81. The molecule has 1 aromatic heterocycles. The first-order chi connectivity index (χ1) is 10.5. The molecule has 22 heavy (non-hydrogen) atoms. The quantitative estimate of drug-likeness (QED) is 0.814. The van der Waals surface area contributed by atoms with Gasteiger partial charge >= 0.3 is 0 Å². The van der Waals surface area contributed by atoms with E-state index in [1.165, 1.54) is 0 Å². The van der Waals surface area contributed by atoms with Crippen LogP contribution in [0.15, 0.2) is 36.5 Å². The Labute approximate surface area is 128 Å². The first-order valence-electron chi connectivity index (χ1n) is 6.81. The molecule has 1 atom stereocenters. The Morgan fingerprint density at radius 2 is 2.05 bits per heavy atom. The average molecular weight is 302 g/mol. The number of carbonyl (C=O) groups is 2. The second-order valence-electron chi connectivity index (χ2n) is 4.84. The predicted octanol–water partition coefficient (Wildman–Crippen LogP) is 0.550. The summed E-state index contributed by atoms with van der Waals surface area (Å²) >= 11 is 0. The van der Waals surface area contributed by atoms with Gasteiger partial charge < -0.3 is 15.8 Å². The van der Waals surface area contributed by atoms with Crippen LogP contribution < -0.4 is 15.8 Å². The zero-order valence-electron chi connectivity index (χ0n) is 12.4. The second-order valence-corrected chi connectivity index (χ2v) is 4.84. The molecule has 1 heterocycles.